The van der Waals surface area contributed by atoms with Crippen molar-refractivity contribution in [3.63, 3.8) is 0 Å². The van der Waals surface area contributed by atoms with Crippen molar-refractivity contribution in [1.29, 1.82) is 0 Å². The summed E-state index contributed by atoms with van der Waals surface area (Å²) < 4.78 is 0. The van der Waals surface area contributed by atoms with Crippen LogP contribution < -0.4 is 10.6 Å². The van der Waals surface area contributed by atoms with E-state index in [4.69, 9.17) is 0 Å². The van der Waals surface area contributed by atoms with E-state index in [0.29, 0.717) is 5.69 Å². The van der Waals surface area contributed by atoms with Gasteiger partial charge in [0.05, 0.1) is 13.1 Å². The Labute approximate surface area is 144 Å². The quantitative estimate of drug-likeness (QED) is 0.643. The Hall–Kier alpha value is -3.48. The minimum atomic E-state index is -0.404. The smallest absolute Gasteiger partial charge is 0.324 e. The highest BCUT2D eigenvalue weighted by molar-refractivity contribution is 6.02. The molecule has 0 aliphatic carbocycles. The molecule has 1 aliphatic heterocycles. The molecule has 3 rings (SSSR count). The van der Waals surface area contributed by atoms with Gasteiger partial charge in [-0.2, -0.15) is 0 Å². The van der Waals surface area contributed by atoms with Crippen LogP contribution in [0.5, 0.6) is 0 Å². The van der Waals surface area contributed by atoms with E-state index < -0.39 is 6.03 Å². The van der Waals surface area contributed by atoms with E-state index in [1.807, 2.05) is 6.07 Å². The molecule has 126 valence electrons. The van der Waals surface area contributed by atoms with E-state index in [1.54, 1.807) is 48.8 Å². The molecule has 7 nitrogen and oxygen atoms in total. The van der Waals surface area contributed by atoms with E-state index in [-0.39, 0.29) is 24.9 Å². The van der Waals surface area contributed by atoms with Crippen molar-refractivity contribution in [2.45, 2.75) is 6.54 Å². The lowest BCUT2D eigenvalue weighted by atomic mass is 10.2. The predicted octanol–water partition coefficient (Wildman–Crippen LogP) is 1.79. The summed E-state index contributed by atoms with van der Waals surface area (Å²) in [5.41, 5.74) is 2.16. The normalized spacial score (nSPS) is 14.0. The van der Waals surface area contributed by atoms with E-state index in [1.165, 1.54) is 6.08 Å². The number of urea groups is 1. The highest BCUT2D eigenvalue weighted by atomic mass is 16.2. The zero-order valence-electron chi connectivity index (χ0n) is 13.3. The van der Waals surface area contributed by atoms with Crippen molar-refractivity contribution < 1.29 is 14.4 Å². The van der Waals surface area contributed by atoms with Crippen LogP contribution in [0.2, 0.25) is 0 Å². The monoisotopic (exact) mass is 336 g/mol. The highest BCUT2D eigenvalue weighted by Crippen LogP contribution is 2.14. The van der Waals surface area contributed by atoms with Gasteiger partial charge in [-0.3, -0.25) is 19.5 Å². The first-order chi connectivity index (χ1) is 12.1. The maximum absolute atomic E-state index is 12.0. The highest BCUT2D eigenvalue weighted by Gasteiger charge is 2.28. The van der Waals surface area contributed by atoms with E-state index in [0.717, 1.165) is 16.0 Å². The third-order valence-corrected chi connectivity index (χ3v) is 3.58. The number of nitrogens with one attached hydrogen (secondary N) is 2. The molecule has 0 radical (unpaired) electrons. The molecule has 0 unspecified atom stereocenters. The number of hydrogen-bond donors (Lipinski definition) is 2. The Morgan fingerprint density at radius 1 is 1.28 bits per heavy atom. The number of anilines is 1. The SMILES string of the molecule is O=C(C=Cc1cccnc1)Nc1cccc(CN2C(=O)CNC2=O)c1. The van der Waals surface area contributed by atoms with Gasteiger partial charge < -0.3 is 10.6 Å². The molecule has 0 saturated carbocycles. The molecule has 2 heterocycles. The minimum Gasteiger partial charge on any atom is -0.329 e. The summed E-state index contributed by atoms with van der Waals surface area (Å²) in [6, 6.07) is 10.2. The molecule has 1 aromatic carbocycles. The Bertz CT molecular complexity index is 817. The first-order valence-electron chi connectivity index (χ1n) is 7.68. The van der Waals surface area contributed by atoms with Crippen LogP contribution in [0.25, 0.3) is 6.08 Å². The van der Waals surface area contributed by atoms with Gasteiger partial charge in [-0.05, 0) is 35.4 Å². The van der Waals surface area contributed by atoms with Crippen LogP contribution in [-0.2, 0) is 16.1 Å². The Kier molecular flexibility index (Phi) is 4.84. The second-order valence-electron chi connectivity index (χ2n) is 5.45. The molecule has 0 bridgehead atoms. The van der Waals surface area contributed by atoms with Gasteiger partial charge in [-0.15, -0.1) is 0 Å². The van der Waals surface area contributed by atoms with Crippen molar-refractivity contribution in [2.24, 2.45) is 0 Å². The summed E-state index contributed by atoms with van der Waals surface area (Å²) in [7, 11) is 0. The first kappa shape index (κ1) is 16.4. The van der Waals surface area contributed by atoms with Crippen LogP contribution in [0.4, 0.5) is 10.5 Å². The molecule has 2 N–H and O–H groups in total. The van der Waals surface area contributed by atoms with Gasteiger partial charge in [0.1, 0.15) is 0 Å². The third-order valence-electron chi connectivity index (χ3n) is 3.58. The van der Waals surface area contributed by atoms with Crippen LogP contribution in [0.3, 0.4) is 0 Å². The van der Waals surface area contributed by atoms with Crippen LogP contribution in [0.15, 0.2) is 54.9 Å². The average molecular weight is 336 g/mol. The van der Waals surface area contributed by atoms with Gasteiger partial charge >= 0.3 is 6.03 Å². The molecule has 25 heavy (non-hydrogen) atoms. The predicted molar refractivity (Wildman–Crippen MR) is 92.3 cm³/mol. The van der Waals surface area contributed by atoms with Gasteiger partial charge in [-0.25, -0.2) is 4.79 Å². The number of imide groups is 1. The minimum absolute atomic E-state index is 0.0222. The van der Waals surface area contributed by atoms with Crippen molar-refractivity contribution in [1.82, 2.24) is 15.2 Å². The fourth-order valence-electron chi connectivity index (χ4n) is 2.38. The average Bonchev–Trinajstić information content (AvgIpc) is 2.93. The molecule has 1 saturated heterocycles. The number of aromatic nitrogens is 1. The van der Waals surface area contributed by atoms with Crippen molar-refractivity contribution >= 4 is 29.6 Å². The number of rotatable bonds is 5. The van der Waals surface area contributed by atoms with Gasteiger partial charge in [0.2, 0.25) is 11.8 Å². The largest absolute Gasteiger partial charge is 0.329 e. The van der Waals surface area contributed by atoms with Gasteiger partial charge in [0, 0.05) is 24.2 Å². The summed E-state index contributed by atoms with van der Waals surface area (Å²) in [6.45, 7) is 0.189. The van der Waals surface area contributed by atoms with Crippen LogP contribution in [-0.4, -0.2) is 34.3 Å². The van der Waals surface area contributed by atoms with Crippen molar-refractivity contribution in [3.8, 4) is 0 Å². The van der Waals surface area contributed by atoms with E-state index in [9.17, 15) is 14.4 Å². The number of carbonyl (C=O) groups excluding carboxylic acids is 3. The molecule has 1 aliphatic rings. The van der Waals surface area contributed by atoms with Gasteiger partial charge in [0.15, 0.2) is 0 Å². The summed E-state index contributed by atoms with van der Waals surface area (Å²) in [4.78, 5) is 40.3. The molecule has 2 aromatic rings. The van der Waals surface area contributed by atoms with E-state index >= 15 is 0 Å². The number of carbonyl (C=O) groups is 3. The lowest BCUT2D eigenvalue weighted by Gasteiger charge is -2.13. The molecule has 4 amide bonds. The molecule has 0 atom stereocenters. The topological polar surface area (TPSA) is 91.4 Å². The third kappa shape index (κ3) is 4.29. The van der Waals surface area contributed by atoms with E-state index in [2.05, 4.69) is 15.6 Å². The number of pyridine rings is 1. The molecule has 1 aromatic heterocycles. The zero-order valence-corrected chi connectivity index (χ0v) is 13.3. The van der Waals surface area contributed by atoms with Crippen molar-refractivity contribution in [3.05, 3.63) is 66.0 Å². The maximum atomic E-state index is 12.0. The molecule has 7 heteroatoms. The van der Waals surface area contributed by atoms with Crippen LogP contribution in [0, 0.1) is 0 Å². The molecule has 0 spiro atoms. The zero-order chi connectivity index (χ0) is 17.6. The second kappa shape index (κ2) is 7.39. The second-order valence-corrected chi connectivity index (χ2v) is 5.45. The lowest BCUT2D eigenvalue weighted by molar-refractivity contribution is -0.125. The number of hydrogen-bond acceptors (Lipinski definition) is 4. The van der Waals surface area contributed by atoms with Gasteiger partial charge in [-0.1, -0.05) is 18.2 Å². The Balaban J connectivity index is 1.63. The summed E-state index contributed by atoms with van der Waals surface area (Å²) >= 11 is 0. The summed E-state index contributed by atoms with van der Waals surface area (Å²) in [5.74, 6) is -0.546. The molecular weight excluding hydrogens is 320 g/mol. The number of benzene rings is 1. The van der Waals surface area contributed by atoms with Crippen molar-refractivity contribution in [2.75, 3.05) is 11.9 Å². The number of amides is 4. The molecular formula is C18H16N4O3. The lowest BCUT2D eigenvalue weighted by Crippen LogP contribution is -2.30. The summed E-state index contributed by atoms with van der Waals surface area (Å²) in [5, 5.41) is 5.22. The Morgan fingerprint density at radius 2 is 2.16 bits per heavy atom. The Morgan fingerprint density at radius 3 is 2.88 bits per heavy atom. The fourth-order valence-corrected chi connectivity index (χ4v) is 2.38. The standard InChI is InChI=1S/C18H16N4O3/c23-16(7-6-13-4-2-8-19-10-13)21-15-5-1-3-14(9-15)12-22-17(24)11-20-18(22)25/h1-10H,11-12H2,(H,20,25)(H,21,23). The summed E-state index contributed by atoms with van der Waals surface area (Å²) in [6.07, 6.45) is 6.40. The van der Waals surface area contributed by atoms with Crippen LogP contribution >= 0.6 is 0 Å². The maximum Gasteiger partial charge on any atom is 0.324 e. The van der Waals surface area contributed by atoms with Crippen LogP contribution in [0.1, 0.15) is 11.1 Å². The van der Waals surface area contributed by atoms with Gasteiger partial charge in [0.25, 0.3) is 0 Å². The molecule has 1 fully saturated rings. The first-order valence-corrected chi connectivity index (χ1v) is 7.68. The number of nitrogens with zero attached hydrogens (tertiary/aromatic N) is 2. The fraction of sp³-hybridized carbons (Fsp3) is 0.111.